The van der Waals surface area contributed by atoms with Crippen LogP contribution in [0.4, 0.5) is 4.79 Å². The quantitative estimate of drug-likeness (QED) is 0.376. The number of nitrogens with one attached hydrogen (secondary N) is 1. The predicted octanol–water partition coefficient (Wildman–Crippen LogP) is 3.88. The minimum atomic E-state index is -3.27. The van der Waals surface area contributed by atoms with Crippen molar-refractivity contribution in [2.45, 2.75) is 55.0 Å². The summed E-state index contributed by atoms with van der Waals surface area (Å²) in [5.74, 6) is 0.100. The number of hydrogen-bond donors (Lipinski definition) is 1. The van der Waals surface area contributed by atoms with Gasteiger partial charge >= 0.3 is 6.09 Å². The first kappa shape index (κ1) is 21.2. The lowest BCUT2D eigenvalue weighted by Crippen LogP contribution is -2.33. The first-order valence-corrected chi connectivity index (χ1v) is 10.8. The summed E-state index contributed by atoms with van der Waals surface area (Å²) in [6.07, 6.45) is 0.970. The molecular formula is C17H26INO4S. The molecule has 1 unspecified atom stereocenters. The number of carbonyl (C=O) groups is 1. The summed E-state index contributed by atoms with van der Waals surface area (Å²) in [7, 11) is -3.27. The number of sulfone groups is 1. The van der Waals surface area contributed by atoms with Gasteiger partial charge in [-0.1, -0.05) is 40.3 Å². The molecule has 0 spiro atoms. The molecule has 0 heterocycles. The molecule has 0 aliphatic heterocycles. The van der Waals surface area contributed by atoms with Crippen molar-refractivity contribution in [2.75, 3.05) is 12.3 Å². The van der Waals surface area contributed by atoms with Crippen molar-refractivity contribution in [3.63, 3.8) is 0 Å². The Kier molecular flexibility index (Phi) is 7.98. The van der Waals surface area contributed by atoms with Crippen molar-refractivity contribution in [3.8, 4) is 0 Å². The SMILES string of the molecule is Cc1ccc(S(=O)(=O)CC(I)CCCNC(=O)OC(C)(C)C)cc1. The number of amides is 1. The topological polar surface area (TPSA) is 72.5 Å². The van der Waals surface area contributed by atoms with E-state index in [-0.39, 0.29) is 9.68 Å². The number of alkyl halides is 1. The first-order chi connectivity index (χ1) is 11.0. The molecule has 0 radical (unpaired) electrons. The normalized spacial score (nSPS) is 13.4. The zero-order valence-corrected chi connectivity index (χ0v) is 17.6. The van der Waals surface area contributed by atoms with Crippen molar-refractivity contribution in [2.24, 2.45) is 0 Å². The fourth-order valence-electron chi connectivity index (χ4n) is 1.99. The Morgan fingerprint density at radius 1 is 1.25 bits per heavy atom. The van der Waals surface area contributed by atoms with Gasteiger partial charge in [0.2, 0.25) is 0 Å². The third-order valence-corrected chi connectivity index (χ3v) is 6.64. The van der Waals surface area contributed by atoms with E-state index in [9.17, 15) is 13.2 Å². The summed E-state index contributed by atoms with van der Waals surface area (Å²) in [6, 6.07) is 6.91. The van der Waals surface area contributed by atoms with Gasteiger partial charge < -0.3 is 10.1 Å². The van der Waals surface area contributed by atoms with E-state index in [0.29, 0.717) is 24.3 Å². The van der Waals surface area contributed by atoms with Gasteiger partial charge in [0.25, 0.3) is 0 Å². The Morgan fingerprint density at radius 3 is 2.38 bits per heavy atom. The molecule has 1 aromatic carbocycles. The number of rotatable bonds is 7. The van der Waals surface area contributed by atoms with E-state index in [0.717, 1.165) is 5.56 Å². The van der Waals surface area contributed by atoms with Crippen LogP contribution in [0.3, 0.4) is 0 Å². The van der Waals surface area contributed by atoms with Crippen LogP contribution in [0.15, 0.2) is 29.2 Å². The largest absolute Gasteiger partial charge is 0.444 e. The number of hydrogen-bond acceptors (Lipinski definition) is 4. The molecule has 0 fully saturated rings. The summed E-state index contributed by atoms with van der Waals surface area (Å²) in [6.45, 7) is 7.82. The summed E-state index contributed by atoms with van der Waals surface area (Å²) in [5, 5.41) is 2.68. The van der Waals surface area contributed by atoms with Crippen LogP contribution in [0.1, 0.15) is 39.2 Å². The van der Waals surface area contributed by atoms with Crippen LogP contribution in [-0.2, 0) is 14.6 Å². The van der Waals surface area contributed by atoms with E-state index in [4.69, 9.17) is 4.74 Å². The highest BCUT2D eigenvalue weighted by atomic mass is 127. The van der Waals surface area contributed by atoms with E-state index >= 15 is 0 Å². The van der Waals surface area contributed by atoms with E-state index < -0.39 is 21.5 Å². The summed E-state index contributed by atoms with van der Waals surface area (Å²) in [5.41, 5.74) is 0.519. The van der Waals surface area contributed by atoms with Gasteiger partial charge in [-0.25, -0.2) is 13.2 Å². The fourth-order valence-corrected chi connectivity index (χ4v) is 5.24. The molecule has 1 amide bonds. The molecule has 0 aliphatic rings. The zero-order chi connectivity index (χ0) is 18.4. The molecule has 0 saturated heterocycles. The Hall–Kier alpha value is -0.830. The van der Waals surface area contributed by atoms with E-state index in [1.54, 1.807) is 24.3 Å². The van der Waals surface area contributed by atoms with Crippen molar-refractivity contribution >= 4 is 38.5 Å². The lowest BCUT2D eigenvalue weighted by atomic mass is 10.2. The Labute approximate surface area is 158 Å². The third kappa shape index (κ3) is 8.32. The molecule has 24 heavy (non-hydrogen) atoms. The summed E-state index contributed by atoms with van der Waals surface area (Å²) < 4.78 is 29.9. The van der Waals surface area contributed by atoms with E-state index in [2.05, 4.69) is 27.9 Å². The van der Waals surface area contributed by atoms with Gasteiger partial charge in [-0.2, -0.15) is 0 Å². The maximum Gasteiger partial charge on any atom is 0.407 e. The smallest absolute Gasteiger partial charge is 0.407 e. The van der Waals surface area contributed by atoms with Crippen LogP contribution in [-0.4, -0.2) is 36.3 Å². The molecule has 5 nitrogen and oxygen atoms in total. The maximum absolute atomic E-state index is 12.4. The maximum atomic E-state index is 12.4. The minimum absolute atomic E-state index is 0.00524. The van der Waals surface area contributed by atoms with Crippen LogP contribution < -0.4 is 5.32 Å². The van der Waals surface area contributed by atoms with Gasteiger partial charge in [0.05, 0.1) is 10.6 Å². The van der Waals surface area contributed by atoms with Crippen LogP contribution in [0.2, 0.25) is 0 Å². The molecule has 1 rings (SSSR count). The number of ether oxygens (including phenoxy) is 1. The van der Waals surface area contributed by atoms with E-state index in [1.165, 1.54) is 0 Å². The average Bonchev–Trinajstić information content (AvgIpc) is 2.41. The molecule has 0 bridgehead atoms. The number of halogens is 1. The van der Waals surface area contributed by atoms with Gasteiger partial charge in [0.1, 0.15) is 5.60 Å². The van der Waals surface area contributed by atoms with Gasteiger partial charge in [0.15, 0.2) is 9.84 Å². The molecule has 136 valence electrons. The molecule has 0 aliphatic carbocycles. The Bertz CT molecular complexity index is 636. The summed E-state index contributed by atoms with van der Waals surface area (Å²) in [4.78, 5) is 11.9. The summed E-state index contributed by atoms with van der Waals surface area (Å²) >= 11 is 2.16. The van der Waals surface area contributed by atoms with Gasteiger partial charge in [-0.3, -0.25) is 0 Å². The van der Waals surface area contributed by atoms with Gasteiger partial charge in [-0.05, 0) is 52.7 Å². The van der Waals surface area contributed by atoms with Crippen LogP contribution >= 0.6 is 22.6 Å². The third-order valence-electron chi connectivity index (χ3n) is 3.14. The minimum Gasteiger partial charge on any atom is -0.444 e. The lowest BCUT2D eigenvalue weighted by molar-refractivity contribution is 0.0527. The van der Waals surface area contributed by atoms with Crippen molar-refractivity contribution in [3.05, 3.63) is 29.8 Å². The first-order valence-electron chi connectivity index (χ1n) is 7.90. The van der Waals surface area contributed by atoms with Gasteiger partial charge in [-0.15, -0.1) is 0 Å². The molecule has 1 aromatic rings. The highest BCUT2D eigenvalue weighted by molar-refractivity contribution is 14.1. The highest BCUT2D eigenvalue weighted by Crippen LogP contribution is 2.18. The molecule has 0 saturated carbocycles. The van der Waals surface area contributed by atoms with Crippen molar-refractivity contribution in [1.29, 1.82) is 0 Å². The molecule has 0 aromatic heterocycles. The monoisotopic (exact) mass is 467 g/mol. The zero-order valence-electron chi connectivity index (χ0n) is 14.6. The molecule has 1 N–H and O–H groups in total. The number of alkyl carbamates (subject to hydrolysis) is 1. The van der Waals surface area contributed by atoms with E-state index in [1.807, 2.05) is 27.7 Å². The number of carbonyl (C=O) groups excluding carboxylic acids is 1. The molecule has 1 atom stereocenters. The van der Waals surface area contributed by atoms with Crippen molar-refractivity contribution in [1.82, 2.24) is 5.32 Å². The average molecular weight is 467 g/mol. The Morgan fingerprint density at radius 2 is 1.83 bits per heavy atom. The second-order valence-corrected chi connectivity index (χ2v) is 10.6. The lowest BCUT2D eigenvalue weighted by Gasteiger charge is -2.19. The van der Waals surface area contributed by atoms with Crippen LogP contribution in [0, 0.1) is 6.92 Å². The highest BCUT2D eigenvalue weighted by Gasteiger charge is 2.19. The fraction of sp³-hybridized carbons (Fsp3) is 0.588. The number of benzene rings is 1. The predicted molar refractivity (Wildman–Crippen MR) is 105 cm³/mol. The standard InChI is InChI=1S/C17H26INO4S/c1-13-7-9-15(10-8-13)24(21,22)12-14(18)6-5-11-19-16(20)23-17(2,3)4/h7-10,14H,5-6,11-12H2,1-4H3,(H,19,20). The Balaban J connectivity index is 2.37. The number of aryl methyl sites for hydroxylation is 1. The van der Waals surface area contributed by atoms with Crippen LogP contribution in [0.5, 0.6) is 0 Å². The van der Waals surface area contributed by atoms with Crippen LogP contribution in [0.25, 0.3) is 0 Å². The second-order valence-electron chi connectivity index (χ2n) is 6.76. The molecular weight excluding hydrogens is 441 g/mol. The van der Waals surface area contributed by atoms with Gasteiger partial charge in [0, 0.05) is 10.5 Å². The van der Waals surface area contributed by atoms with Crippen molar-refractivity contribution < 1.29 is 17.9 Å². The molecule has 7 heteroatoms. The second kappa shape index (κ2) is 9.03.